The van der Waals surface area contributed by atoms with Gasteiger partial charge in [0.25, 0.3) is 10.0 Å². The largest absolute Gasteiger partial charge is 0.416 e. The standard InChI is InChI=1S/C16H18F3N3O3S/c17-16(18,19)12-4-3-6-15(8-12)26(23,24)21-13-9-20-22(10-13)11-14-5-1-2-7-25-14/h3-4,6,8-10,14,21H,1-2,5,7,11H2. The van der Waals surface area contributed by atoms with E-state index in [1.54, 1.807) is 4.68 Å². The molecule has 2 aromatic rings. The number of sulfonamides is 1. The number of aromatic nitrogens is 2. The van der Waals surface area contributed by atoms with Gasteiger partial charge in [0.05, 0.1) is 35.0 Å². The zero-order valence-electron chi connectivity index (χ0n) is 13.7. The highest BCUT2D eigenvalue weighted by Gasteiger charge is 2.31. The third kappa shape index (κ3) is 4.55. The minimum absolute atomic E-state index is 0.0246. The number of benzene rings is 1. The van der Waals surface area contributed by atoms with Gasteiger partial charge in [0, 0.05) is 12.8 Å². The van der Waals surface area contributed by atoms with Gasteiger partial charge in [-0.1, -0.05) is 6.07 Å². The van der Waals surface area contributed by atoms with Crippen LogP contribution < -0.4 is 4.72 Å². The lowest BCUT2D eigenvalue weighted by atomic mass is 10.1. The molecule has 26 heavy (non-hydrogen) atoms. The maximum atomic E-state index is 12.8. The van der Waals surface area contributed by atoms with Crippen molar-refractivity contribution in [3.8, 4) is 0 Å². The SMILES string of the molecule is O=S(=O)(Nc1cnn(CC2CCCCO2)c1)c1cccc(C(F)(F)F)c1. The lowest BCUT2D eigenvalue weighted by Crippen LogP contribution is -2.24. The number of hydrogen-bond acceptors (Lipinski definition) is 4. The van der Waals surface area contributed by atoms with Crippen molar-refractivity contribution in [3.63, 3.8) is 0 Å². The van der Waals surface area contributed by atoms with Crippen molar-refractivity contribution in [2.75, 3.05) is 11.3 Å². The summed E-state index contributed by atoms with van der Waals surface area (Å²) >= 11 is 0. The van der Waals surface area contributed by atoms with Crippen molar-refractivity contribution >= 4 is 15.7 Å². The van der Waals surface area contributed by atoms with E-state index in [0.29, 0.717) is 19.2 Å². The Morgan fingerprint density at radius 1 is 1.31 bits per heavy atom. The Morgan fingerprint density at radius 3 is 2.81 bits per heavy atom. The maximum Gasteiger partial charge on any atom is 0.416 e. The van der Waals surface area contributed by atoms with E-state index in [2.05, 4.69) is 9.82 Å². The van der Waals surface area contributed by atoms with Crippen molar-refractivity contribution < 1.29 is 26.3 Å². The third-order valence-electron chi connectivity index (χ3n) is 4.02. The summed E-state index contributed by atoms with van der Waals surface area (Å²) in [6, 6.07) is 3.59. The first-order valence-corrected chi connectivity index (χ1v) is 9.56. The first-order valence-electron chi connectivity index (χ1n) is 8.08. The Morgan fingerprint density at radius 2 is 2.12 bits per heavy atom. The number of nitrogens with zero attached hydrogens (tertiary/aromatic N) is 2. The predicted octanol–water partition coefficient (Wildman–Crippen LogP) is 3.27. The molecule has 0 spiro atoms. The van der Waals surface area contributed by atoms with Crippen molar-refractivity contribution in [3.05, 3.63) is 42.2 Å². The molecule has 1 aliphatic rings. The number of rotatable bonds is 5. The van der Waals surface area contributed by atoms with E-state index in [4.69, 9.17) is 4.74 Å². The van der Waals surface area contributed by atoms with Crippen LogP contribution in [0.3, 0.4) is 0 Å². The molecule has 0 radical (unpaired) electrons. The van der Waals surface area contributed by atoms with Crippen LogP contribution in [0.4, 0.5) is 18.9 Å². The minimum atomic E-state index is -4.61. The van der Waals surface area contributed by atoms with Crippen LogP contribution in [-0.2, 0) is 27.5 Å². The monoisotopic (exact) mass is 389 g/mol. The van der Waals surface area contributed by atoms with Gasteiger partial charge >= 0.3 is 6.18 Å². The molecule has 1 unspecified atom stereocenters. The summed E-state index contributed by atoms with van der Waals surface area (Å²) in [5, 5.41) is 4.07. The Hall–Kier alpha value is -2.07. The summed E-state index contributed by atoms with van der Waals surface area (Å²) in [4.78, 5) is -0.462. The quantitative estimate of drug-likeness (QED) is 0.852. The molecule has 1 aliphatic heterocycles. The molecule has 1 N–H and O–H groups in total. The molecular formula is C16H18F3N3O3S. The molecule has 1 fully saturated rings. The van der Waals surface area contributed by atoms with Crippen LogP contribution in [0.15, 0.2) is 41.6 Å². The fourth-order valence-electron chi connectivity index (χ4n) is 2.73. The van der Waals surface area contributed by atoms with Gasteiger partial charge < -0.3 is 4.74 Å². The average Bonchev–Trinajstić information content (AvgIpc) is 3.01. The summed E-state index contributed by atoms with van der Waals surface area (Å²) in [5.74, 6) is 0. The second-order valence-corrected chi connectivity index (χ2v) is 7.75. The highest BCUT2D eigenvalue weighted by atomic mass is 32.2. The maximum absolute atomic E-state index is 12.8. The van der Waals surface area contributed by atoms with Gasteiger partial charge in [-0.15, -0.1) is 0 Å². The van der Waals surface area contributed by atoms with Crippen LogP contribution in [0, 0.1) is 0 Å². The lowest BCUT2D eigenvalue weighted by Gasteiger charge is -2.22. The summed E-state index contributed by atoms with van der Waals surface area (Å²) < 4.78 is 72.4. The molecule has 0 amide bonds. The number of nitrogens with one attached hydrogen (secondary N) is 1. The zero-order chi connectivity index (χ0) is 18.8. The van der Waals surface area contributed by atoms with Gasteiger partial charge in [0.1, 0.15) is 0 Å². The van der Waals surface area contributed by atoms with Gasteiger partial charge in [-0.3, -0.25) is 9.40 Å². The molecule has 142 valence electrons. The molecular weight excluding hydrogens is 371 g/mol. The molecule has 1 aromatic heterocycles. The van der Waals surface area contributed by atoms with Crippen molar-refractivity contribution in [2.24, 2.45) is 0 Å². The van der Waals surface area contributed by atoms with E-state index >= 15 is 0 Å². The summed E-state index contributed by atoms with van der Waals surface area (Å²) in [6.07, 6.45) is 1.22. The summed E-state index contributed by atoms with van der Waals surface area (Å²) in [6.45, 7) is 1.19. The van der Waals surface area contributed by atoms with Crippen LogP contribution in [0.1, 0.15) is 24.8 Å². The van der Waals surface area contributed by atoms with E-state index in [9.17, 15) is 21.6 Å². The van der Waals surface area contributed by atoms with Crippen LogP contribution in [-0.4, -0.2) is 30.9 Å². The van der Waals surface area contributed by atoms with E-state index in [1.807, 2.05) is 0 Å². The van der Waals surface area contributed by atoms with Gasteiger partial charge in [-0.25, -0.2) is 8.42 Å². The van der Waals surface area contributed by atoms with Gasteiger partial charge in [-0.2, -0.15) is 18.3 Å². The van der Waals surface area contributed by atoms with Crippen molar-refractivity contribution in [1.29, 1.82) is 0 Å². The predicted molar refractivity (Wildman–Crippen MR) is 88.1 cm³/mol. The van der Waals surface area contributed by atoms with Crippen LogP contribution in [0.25, 0.3) is 0 Å². The number of halogens is 3. The van der Waals surface area contributed by atoms with Crippen LogP contribution >= 0.6 is 0 Å². The number of alkyl halides is 3. The van der Waals surface area contributed by atoms with Gasteiger partial charge in [-0.05, 0) is 37.5 Å². The second-order valence-electron chi connectivity index (χ2n) is 6.07. The minimum Gasteiger partial charge on any atom is -0.376 e. The first kappa shape index (κ1) is 18.7. The molecule has 0 bridgehead atoms. The molecule has 0 saturated carbocycles. The highest BCUT2D eigenvalue weighted by Crippen LogP contribution is 2.30. The molecule has 6 nitrogen and oxygen atoms in total. The van der Waals surface area contributed by atoms with Crippen molar-refractivity contribution in [2.45, 2.75) is 43.0 Å². The van der Waals surface area contributed by atoms with Gasteiger partial charge in [0.2, 0.25) is 0 Å². The van der Waals surface area contributed by atoms with Crippen LogP contribution in [0.5, 0.6) is 0 Å². The fraction of sp³-hybridized carbons (Fsp3) is 0.438. The fourth-order valence-corrected chi connectivity index (χ4v) is 3.80. The van der Waals surface area contributed by atoms with Crippen molar-refractivity contribution in [1.82, 2.24) is 9.78 Å². The Balaban J connectivity index is 1.72. The number of ether oxygens (including phenoxy) is 1. The Kier molecular flexibility index (Phi) is 5.24. The third-order valence-corrected chi connectivity index (χ3v) is 5.40. The first-order chi connectivity index (χ1) is 12.2. The number of hydrogen-bond donors (Lipinski definition) is 1. The lowest BCUT2D eigenvalue weighted by molar-refractivity contribution is -0.137. The molecule has 1 aromatic carbocycles. The Bertz CT molecular complexity index is 859. The molecule has 1 atom stereocenters. The number of anilines is 1. The zero-order valence-corrected chi connectivity index (χ0v) is 14.6. The Labute approximate surface area is 149 Å². The van der Waals surface area contributed by atoms with E-state index in [0.717, 1.165) is 37.5 Å². The van der Waals surface area contributed by atoms with E-state index in [1.165, 1.54) is 12.4 Å². The van der Waals surface area contributed by atoms with Gasteiger partial charge in [0.15, 0.2) is 0 Å². The average molecular weight is 389 g/mol. The highest BCUT2D eigenvalue weighted by molar-refractivity contribution is 7.92. The van der Waals surface area contributed by atoms with E-state index < -0.39 is 26.7 Å². The molecule has 3 rings (SSSR count). The molecule has 2 heterocycles. The normalized spacial score (nSPS) is 18.7. The summed E-state index contributed by atoms with van der Waals surface area (Å²) in [5.41, 5.74) is -0.844. The molecule has 0 aliphatic carbocycles. The topological polar surface area (TPSA) is 73.2 Å². The summed E-state index contributed by atoms with van der Waals surface area (Å²) in [7, 11) is -4.15. The smallest absolute Gasteiger partial charge is 0.376 e. The second kappa shape index (κ2) is 7.28. The van der Waals surface area contributed by atoms with E-state index in [-0.39, 0.29) is 11.8 Å². The van der Waals surface area contributed by atoms with Crippen LogP contribution in [0.2, 0.25) is 0 Å². The molecule has 1 saturated heterocycles. The molecule has 10 heteroatoms.